The summed E-state index contributed by atoms with van der Waals surface area (Å²) in [6.45, 7) is 4.26. The number of aromatic nitrogens is 1. The van der Waals surface area contributed by atoms with Crippen LogP contribution < -0.4 is 10.2 Å². The third-order valence-corrected chi connectivity index (χ3v) is 7.77. The van der Waals surface area contributed by atoms with Crippen molar-refractivity contribution in [2.24, 2.45) is 0 Å². The van der Waals surface area contributed by atoms with E-state index in [-0.39, 0.29) is 30.6 Å². The molecular formula is C32H31ClN4O2. The Kier molecular flexibility index (Phi) is 6.65. The molecule has 1 N–H and O–H groups in total. The molecule has 1 aromatic heterocycles. The summed E-state index contributed by atoms with van der Waals surface area (Å²) in [6.07, 6.45) is 3.80. The first kappa shape index (κ1) is 25.3. The summed E-state index contributed by atoms with van der Waals surface area (Å²) in [6, 6.07) is 26.9. The van der Waals surface area contributed by atoms with Crippen LogP contribution in [0, 0.1) is 0 Å². The highest BCUT2D eigenvalue weighted by molar-refractivity contribution is 6.30. The minimum atomic E-state index is -0.381. The number of hydrogen-bond acceptors (Lipinski definition) is 2. The Bertz CT molecular complexity index is 1520. The fourth-order valence-corrected chi connectivity index (χ4v) is 5.57. The number of urea groups is 1. The molecule has 1 saturated carbocycles. The number of rotatable bonds is 6. The molecular weight excluding hydrogens is 508 g/mol. The molecule has 198 valence electrons. The molecule has 4 aromatic rings. The van der Waals surface area contributed by atoms with Crippen LogP contribution in [-0.2, 0) is 4.79 Å². The van der Waals surface area contributed by atoms with Crippen LogP contribution in [0.25, 0.3) is 5.69 Å². The van der Waals surface area contributed by atoms with Gasteiger partial charge in [0.1, 0.15) is 12.6 Å². The molecule has 1 fully saturated rings. The second kappa shape index (κ2) is 10.3. The predicted molar refractivity (Wildman–Crippen MR) is 156 cm³/mol. The van der Waals surface area contributed by atoms with Crippen LogP contribution in [0.5, 0.6) is 0 Å². The number of halogens is 1. The maximum atomic E-state index is 14.2. The number of hydrogen-bond donors (Lipinski definition) is 1. The standard InChI is InChI=1S/C32H31ClN4O2/c1-21(2)22-12-14-25(15-13-22)34-32(39)36(26-16-17-26)20-30(38)37-28-10-4-3-9-27(28)35-18-6-11-29(35)31(37)23-7-5-8-24(33)19-23/h3-15,18-19,21,26,31H,16-17,20H2,1-2H3,(H,34,39). The van der Waals surface area contributed by atoms with Gasteiger partial charge in [0.25, 0.3) is 0 Å². The number of carbonyl (C=O) groups is 2. The topological polar surface area (TPSA) is 57.6 Å². The molecule has 7 heteroatoms. The number of nitrogens with zero attached hydrogens (tertiary/aromatic N) is 3. The molecule has 3 amide bonds. The van der Waals surface area contributed by atoms with Crippen LogP contribution in [0.4, 0.5) is 16.2 Å². The number of amides is 3. The molecule has 39 heavy (non-hydrogen) atoms. The first-order valence-electron chi connectivity index (χ1n) is 13.4. The molecule has 3 aromatic carbocycles. The highest BCUT2D eigenvalue weighted by Gasteiger charge is 2.40. The van der Waals surface area contributed by atoms with Gasteiger partial charge in [-0.1, -0.05) is 61.8 Å². The van der Waals surface area contributed by atoms with Crippen molar-refractivity contribution < 1.29 is 9.59 Å². The van der Waals surface area contributed by atoms with E-state index in [0.29, 0.717) is 10.9 Å². The van der Waals surface area contributed by atoms with Gasteiger partial charge in [0.05, 0.1) is 17.1 Å². The first-order chi connectivity index (χ1) is 18.9. The van der Waals surface area contributed by atoms with Gasteiger partial charge in [0, 0.05) is 22.9 Å². The Morgan fingerprint density at radius 3 is 2.38 bits per heavy atom. The van der Waals surface area contributed by atoms with Crippen LogP contribution in [-0.4, -0.2) is 34.0 Å². The minimum Gasteiger partial charge on any atom is -0.316 e. The van der Waals surface area contributed by atoms with E-state index in [0.717, 1.165) is 41.2 Å². The zero-order valence-corrected chi connectivity index (χ0v) is 22.8. The largest absolute Gasteiger partial charge is 0.322 e. The van der Waals surface area contributed by atoms with Crippen molar-refractivity contribution in [2.45, 2.75) is 44.7 Å². The lowest BCUT2D eigenvalue weighted by molar-refractivity contribution is -0.119. The number of para-hydroxylation sites is 2. The lowest BCUT2D eigenvalue weighted by Gasteiger charge is -2.39. The van der Waals surface area contributed by atoms with Crippen molar-refractivity contribution in [1.82, 2.24) is 9.47 Å². The molecule has 0 bridgehead atoms. The van der Waals surface area contributed by atoms with Gasteiger partial charge in [0.2, 0.25) is 5.91 Å². The van der Waals surface area contributed by atoms with E-state index < -0.39 is 0 Å². The lowest BCUT2D eigenvalue weighted by Crippen LogP contribution is -2.48. The quantitative estimate of drug-likeness (QED) is 0.278. The Labute approximate surface area is 233 Å². The van der Waals surface area contributed by atoms with Crippen molar-refractivity contribution in [3.8, 4) is 5.69 Å². The summed E-state index contributed by atoms with van der Waals surface area (Å²) in [5, 5.41) is 3.62. The molecule has 0 saturated heterocycles. The number of nitrogens with one attached hydrogen (secondary N) is 1. The van der Waals surface area contributed by atoms with Crippen LogP contribution >= 0.6 is 11.6 Å². The van der Waals surface area contributed by atoms with Gasteiger partial charge >= 0.3 is 6.03 Å². The maximum Gasteiger partial charge on any atom is 0.322 e. The SMILES string of the molecule is CC(C)c1ccc(NC(=O)N(CC(=O)N2c3ccccc3-n3cccc3C2c2cccc(Cl)c2)C2CC2)cc1. The molecule has 6 nitrogen and oxygen atoms in total. The third kappa shape index (κ3) is 4.92. The summed E-state index contributed by atoms with van der Waals surface area (Å²) >= 11 is 6.40. The average molecular weight is 539 g/mol. The minimum absolute atomic E-state index is 0.0211. The third-order valence-electron chi connectivity index (χ3n) is 7.54. The zero-order chi connectivity index (χ0) is 27.1. The van der Waals surface area contributed by atoms with E-state index in [1.807, 2.05) is 96.0 Å². The van der Waals surface area contributed by atoms with Crippen molar-refractivity contribution >= 4 is 34.9 Å². The van der Waals surface area contributed by atoms with Gasteiger partial charge < -0.3 is 14.8 Å². The van der Waals surface area contributed by atoms with Gasteiger partial charge in [-0.2, -0.15) is 0 Å². The summed E-state index contributed by atoms with van der Waals surface area (Å²) in [5.74, 6) is 0.272. The normalized spacial score (nSPS) is 16.0. The van der Waals surface area contributed by atoms with E-state index in [1.54, 1.807) is 4.90 Å². The van der Waals surface area contributed by atoms with Gasteiger partial charge in [-0.3, -0.25) is 9.69 Å². The molecule has 1 aliphatic carbocycles. The van der Waals surface area contributed by atoms with Crippen LogP contribution in [0.2, 0.25) is 5.02 Å². The second-order valence-electron chi connectivity index (χ2n) is 10.6. The Balaban J connectivity index is 1.32. The summed E-state index contributed by atoms with van der Waals surface area (Å²) in [4.78, 5) is 31.2. The van der Waals surface area contributed by atoms with Crippen LogP contribution in [0.3, 0.4) is 0 Å². The van der Waals surface area contributed by atoms with E-state index >= 15 is 0 Å². The van der Waals surface area contributed by atoms with Crippen molar-refractivity contribution in [1.29, 1.82) is 0 Å². The molecule has 1 unspecified atom stereocenters. The smallest absolute Gasteiger partial charge is 0.316 e. The van der Waals surface area contributed by atoms with Gasteiger partial charge in [0.15, 0.2) is 0 Å². The van der Waals surface area contributed by atoms with Crippen LogP contribution in [0.15, 0.2) is 91.1 Å². The summed E-state index contributed by atoms with van der Waals surface area (Å²) in [5.41, 5.74) is 5.55. The molecule has 6 rings (SSSR count). The molecule has 0 spiro atoms. The fourth-order valence-electron chi connectivity index (χ4n) is 5.38. The average Bonchev–Trinajstić information content (AvgIpc) is 3.66. The number of carbonyl (C=O) groups excluding carboxylic acids is 2. The van der Waals surface area contributed by atoms with Crippen LogP contribution in [0.1, 0.15) is 55.5 Å². The summed E-state index contributed by atoms with van der Waals surface area (Å²) < 4.78 is 2.12. The van der Waals surface area contributed by atoms with Crippen molar-refractivity contribution in [3.63, 3.8) is 0 Å². The maximum absolute atomic E-state index is 14.2. The molecule has 2 heterocycles. The van der Waals surface area contributed by atoms with Gasteiger partial charge in [-0.25, -0.2) is 4.79 Å². The molecule has 0 radical (unpaired) electrons. The van der Waals surface area contributed by atoms with E-state index in [1.165, 1.54) is 5.56 Å². The van der Waals surface area contributed by atoms with Gasteiger partial charge in [-0.15, -0.1) is 0 Å². The lowest BCUT2D eigenvalue weighted by atomic mass is 9.97. The number of benzene rings is 3. The molecule has 1 aliphatic heterocycles. The highest BCUT2D eigenvalue weighted by atomic mass is 35.5. The van der Waals surface area contributed by atoms with Gasteiger partial charge in [-0.05, 0) is 78.4 Å². The zero-order valence-electron chi connectivity index (χ0n) is 22.0. The van der Waals surface area contributed by atoms with E-state index in [9.17, 15) is 9.59 Å². The number of fused-ring (bicyclic) bond motifs is 3. The number of anilines is 2. The second-order valence-corrected chi connectivity index (χ2v) is 11.0. The monoisotopic (exact) mass is 538 g/mol. The summed E-state index contributed by atoms with van der Waals surface area (Å²) in [7, 11) is 0. The predicted octanol–water partition coefficient (Wildman–Crippen LogP) is 7.39. The highest BCUT2D eigenvalue weighted by Crippen LogP contribution is 2.43. The fraction of sp³-hybridized carbons (Fsp3) is 0.250. The van der Waals surface area contributed by atoms with Crippen molar-refractivity contribution in [2.75, 3.05) is 16.8 Å². The first-order valence-corrected chi connectivity index (χ1v) is 13.8. The molecule has 1 atom stereocenters. The Morgan fingerprint density at radius 1 is 0.949 bits per heavy atom. The Morgan fingerprint density at radius 2 is 1.69 bits per heavy atom. The molecule has 2 aliphatic rings. The van der Waals surface area contributed by atoms with E-state index in [2.05, 4.69) is 23.7 Å². The van der Waals surface area contributed by atoms with Crippen molar-refractivity contribution in [3.05, 3.63) is 113 Å². The van der Waals surface area contributed by atoms with E-state index in [4.69, 9.17) is 11.6 Å². The Hall–Kier alpha value is -4.03.